The van der Waals surface area contributed by atoms with Gasteiger partial charge in [0.2, 0.25) is 15.7 Å². The van der Waals surface area contributed by atoms with Crippen LogP contribution in [0.25, 0.3) is 0 Å². The van der Waals surface area contributed by atoms with Crippen molar-refractivity contribution in [2.75, 3.05) is 19.1 Å². The molecule has 0 aliphatic heterocycles. The first-order chi connectivity index (χ1) is 11.2. The third-order valence-electron chi connectivity index (χ3n) is 2.56. The average Bonchev–Trinajstić information content (AvgIpc) is 2.54. The molecule has 1 aromatic rings. The van der Waals surface area contributed by atoms with E-state index in [-0.39, 0.29) is 17.9 Å². The molecule has 0 amide bonds. The number of ether oxygens (including phenoxy) is 2. The van der Waals surface area contributed by atoms with Crippen molar-refractivity contribution in [1.82, 2.24) is 0 Å². The summed E-state index contributed by atoms with van der Waals surface area (Å²) in [6.07, 6.45) is 0. The Morgan fingerprint density at radius 3 is 2.58 bits per heavy atom. The van der Waals surface area contributed by atoms with Gasteiger partial charge in [-0.25, -0.2) is 23.1 Å². The van der Waals surface area contributed by atoms with E-state index in [9.17, 15) is 18.0 Å². The molecule has 0 aliphatic rings. The smallest absolute Gasteiger partial charge is 0.369 e. The molecule has 0 saturated carbocycles. The highest BCUT2D eigenvalue weighted by Crippen LogP contribution is 2.20. The molecule has 128 valence electrons. The monoisotopic (exact) mass is 354 g/mol. The number of carbonyl (C=O) groups excluding carboxylic acids is 2. The summed E-state index contributed by atoms with van der Waals surface area (Å²) >= 11 is 0. The molecule has 0 heterocycles. The standard InChI is InChI=1S/C13H14N4O6S/c1-3-23-13(19)10(7-14)17-16-8-4-5-9(12(18)22-2)11(6-8)24(15,20)21/h4-6,16H,3H2,1-2H3,(H2,15,20,21)/b17-10-. The molecule has 1 rings (SSSR count). The number of esters is 2. The molecule has 11 heteroatoms. The van der Waals surface area contributed by atoms with Gasteiger partial charge in [-0.15, -0.1) is 0 Å². The van der Waals surface area contributed by atoms with Crippen LogP contribution in [0.5, 0.6) is 0 Å². The number of hydrazone groups is 1. The van der Waals surface area contributed by atoms with Crippen LogP contribution >= 0.6 is 0 Å². The van der Waals surface area contributed by atoms with Crippen molar-refractivity contribution in [2.45, 2.75) is 11.8 Å². The van der Waals surface area contributed by atoms with Crippen molar-refractivity contribution in [1.29, 1.82) is 5.26 Å². The molecule has 10 nitrogen and oxygen atoms in total. The van der Waals surface area contributed by atoms with Gasteiger partial charge in [-0.05, 0) is 25.1 Å². The fourth-order valence-electron chi connectivity index (χ4n) is 1.54. The van der Waals surface area contributed by atoms with E-state index in [1.54, 1.807) is 6.92 Å². The minimum atomic E-state index is -4.23. The Bertz CT molecular complexity index is 825. The highest BCUT2D eigenvalue weighted by Gasteiger charge is 2.20. The van der Waals surface area contributed by atoms with Gasteiger partial charge in [-0.1, -0.05) is 0 Å². The Labute approximate surface area is 137 Å². The van der Waals surface area contributed by atoms with Gasteiger partial charge < -0.3 is 9.47 Å². The molecule has 0 aromatic heterocycles. The summed E-state index contributed by atoms with van der Waals surface area (Å²) < 4.78 is 32.3. The van der Waals surface area contributed by atoms with Crippen LogP contribution in [0.3, 0.4) is 0 Å². The number of benzene rings is 1. The third-order valence-corrected chi connectivity index (χ3v) is 3.52. The van der Waals surface area contributed by atoms with E-state index >= 15 is 0 Å². The van der Waals surface area contributed by atoms with Crippen molar-refractivity contribution in [3.8, 4) is 6.07 Å². The van der Waals surface area contributed by atoms with E-state index in [0.29, 0.717) is 0 Å². The lowest BCUT2D eigenvalue weighted by molar-refractivity contribution is -0.134. The number of hydrogen-bond donors (Lipinski definition) is 2. The maximum Gasteiger partial charge on any atom is 0.369 e. The van der Waals surface area contributed by atoms with Gasteiger partial charge in [0.1, 0.15) is 6.07 Å². The molecule has 1 aromatic carbocycles. The molecule has 0 saturated heterocycles. The van der Waals surface area contributed by atoms with E-state index in [4.69, 9.17) is 10.4 Å². The van der Waals surface area contributed by atoms with E-state index < -0.39 is 32.6 Å². The summed E-state index contributed by atoms with van der Waals surface area (Å²) in [6.45, 7) is 1.62. The lowest BCUT2D eigenvalue weighted by Crippen LogP contribution is -2.18. The quantitative estimate of drug-likeness (QED) is 0.409. The van der Waals surface area contributed by atoms with Gasteiger partial charge in [-0.3, -0.25) is 5.43 Å². The lowest BCUT2D eigenvalue weighted by Gasteiger charge is -2.08. The number of nitrogens with two attached hydrogens (primary N) is 1. The first-order valence-corrected chi connectivity index (χ1v) is 7.95. The van der Waals surface area contributed by atoms with E-state index in [1.807, 2.05) is 0 Å². The number of sulfonamides is 1. The van der Waals surface area contributed by atoms with Crippen molar-refractivity contribution in [2.24, 2.45) is 10.2 Å². The number of methoxy groups -OCH3 is 1. The zero-order valence-electron chi connectivity index (χ0n) is 12.8. The number of anilines is 1. The first-order valence-electron chi connectivity index (χ1n) is 6.40. The summed E-state index contributed by atoms with van der Waals surface area (Å²) in [5, 5.41) is 17.4. The Hall–Kier alpha value is -2.97. The van der Waals surface area contributed by atoms with E-state index in [2.05, 4.69) is 20.0 Å². The van der Waals surface area contributed by atoms with Crippen LogP contribution in [0.15, 0.2) is 28.2 Å². The van der Waals surface area contributed by atoms with Crippen molar-refractivity contribution < 1.29 is 27.5 Å². The van der Waals surface area contributed by atoms with Crippen molar-refractivity contribution in [3.05, 3.63) is 23.8 Å². The van der Waals surface area contributed by atoms with Crippen LogP contribution in [-0.4, -0.2) is 39.8 Å². The molecule has 0 bridgehead atoms. The number of nitriles is 1. The first kappa shape index (κ1) is 19.1. The Balaban J connectivity index is 3.22. The second kappa shape index (κ2) is 8.04. The predicted molar refractivity (Wildman–Crippen MR) is 82.5 cm³/mol. The van der Waals surface area contributed by atoms with Crippen molar-refractivity contribution in [3.63, 3.8) is 0 Å². The fraction of sp³-hybridized carbons (Fsp3) is 0.231. The summed E-state index contributed by atoms with van der Waals surface area (Å²) in [6, 6.07) is 5.00. The molecule has 0 fully saturated rings. The molecule has 24 heavy (non-hydrogen) atoms. The van der Waals surface area contributed by atoms with E-state index in [0.717, 1.165) is 19.2 Å². The number of rotatable bonds is 6. The van der Waals surface area contributed by atoms with Gasteiger partial charge in [0.15, 0.2) is 0 Å². The Kier molecular flexibility index (Phi) is 6.39. The average molecular weight is 354 g/mol. The minimum Gasteiger partial charge on any atom is -0.465 e. The van der Waals surface area contributed by atoms with Gasteiger partial charge in [0.05, 0.1) is 29.9 Å². The number of nitrogens with zero attached hydrogens (tertiary/aromatic N) is 2. The maximum absolute atomic E-state index is 11.6. The van der Waals surface area contributed by atoms with Gasteiger partial charge >= 0.3 is 11.9 Å². The maximum atomic E-state index is 11.6. The number of primary sulfonamides is 1. The highest BCUT2D eigenvalue weighted by molar-refractivity contribution is 7.89. The zero-order chi connectivity index (χ0) is 18.3. The van der Waals surface area contributed by atoms with Gasteiger partial charge in [0, 0.05) is 0 Å². The summed E-state index contributed by atoms with van der Waals surface area (Å²) in [7, 11) is -3.14. The van der Waals surface area contributed by atoms with Gasteiger partial charge in [-0.2, -0.15) is 10.4 Å². The SMILES string of the molecule is CCOC(=O)/C(C#N)=N\Nc1ccc(C(=O)OC)c(S(N)(=O)=O)c1. The van der Waals surface area contributed by atoms with Crippen LogP contribution in [0.2, 0.25) is 0 Å². The lowest BCUT2D eigenvalue weighted by atomic mass is 10.2. The second-order valence-corrected chi connectivity index (χ2v) is 5.68. The number of hydrogen-bond acceptors (Lipinski definition) is 9. The van der Waals surface area contributed by atoms with Gasteiger partial charge in [0.25, 0.3) is 0 Å². The van der Waals surface area contributed by atoms with Crippen LogP contribution in [-0.2, 0) is 24.3 Å². The van der Waals surface area contributed by atoms with Crippen LogP contribution in [0.4, 0.5) is 5.69 Å². The van der Waals surface area contributed by atoms with Crippen LogP contribution in [0, 0.1) is 11.3 Å². The molecule has 3 N–H and O–H groups in total. The Morgan fingerprint density at radius 1 is 1.42 bits per heavy atom. The predicted octanol–water partition coefficient (Wildman–Crippen LogP) is -0.0248. The van der Waals surface area contributed by atoms with Crippen LogP contribution in [0.1, 0.15) is 17.3 Å². The topological polar surface area (TPSA) is 161 Å². The molecular weight excluding hydrogens is 340 g/mol. The molecule has 0 atom stereocenters. The third kappa shape index (κ3) is 4.77. The Morgan fingerprint density at radius 2 is 2.08 bits per heavy atom. The minimum absolute atomic E-state index is 0.0585. The second-order valence-electron chi connectivity index (χ2n) is 4.15. The molecule has 0 spiro atoms. The molecule has 0 unspecified atom stereocenters. The van der Waals surface area contributed by atoms with Crippen LogP contribution < -0.4 is 10.6 Å². The highest BCUT2D eigenvalue weighted by atomic mass is 32.2. The normalized spacial score (nSPS) is 11.3. The number of nitrogens with one attached hydrogen (secondary N) is 1. The number of carbonyl (C=O) groups is 2. The zero-order valence-corrected chi connectivity index (χ0v) is 13.6. The molecular formula is C13H14N4O6S. The molecule has 0 radical (unpaired) electrons. The van der Waals surface area contributed by atoms with Crippen molar-refractivity contribution >= 4 is 33.4 Å². The summed E-state index contributed by atoms with van der Waals surface area (Å²) in [5.74, 6) is -1.83. The van der Waals surface area contributed by atoms with E-state index in [1.165, 1.54) is 12.1 Å². The largest absolute Gasteiger partial charge is 0.465 e. The summed E-state index contributed by atoms with van der Waals surface area (Å²) in [5.41, 5.74) is 1.57. The molecule has 0 aliphatic carbocycles. The fourth-order valence-corrected chi connectivity index (χ4v) is 2.29. The summed E-state index contributed by atoms with van der Waals surface area (Å²) in [4.78, 5) is 22.5.